The second-order valence-electron chi connectivity index (χ2n) is 5.69. The molecule has 0 saturated heterocycles. The Morgan fingerprint density at radius 2 is 1.96 bits per heavy atom. The van der Waals surface area contributed by atoms with Crippen LogP contribution >= 0.6 is 22.7 Å². The number of aromatic nitrogens is 3. The van der Waals surface area contributed by atoms with E-state index in [1.54, 1.807) is 28.9 Å². The summed E-state index contributed by atoms with van der Waals surface area (Å²) in [5.74, 6) is -0.0976. The molecule has 0 radical (unpaired) electrons. The molecule has 0 bridgehead atoms. The summed E-state index contributed by atoms with van der Waals surface area (Å²) in [4.78, 5) is 19.6. The van der Waals surface area contributed by atoms with E-state index >= 15 is 0 Å². The van der Waals surface area contributed by atoms with Crippen molar-refractivity contribution in [3.8, 4) is 0 Å². The van der Waals surface area contributed by atoms with Crippen molar-refractivity contribution in [2.75, 3.05) is 0 Å². The second kappa shape index (κ2) is 6.78. The molecule has 1 N–H and O–H groups in total. The fourth-order valence-corrected chi connectivity index (χ4v) is 4.03. The minimum Gasteiger partial charge on any atom is -0.347 e. The Morgan fingerprint density at radius 1 is 1.20 bits per heavy atom. The lowest BCUT2D eigenvalue weighted by Crippen LogP contribution is -2.22. The van der Waals surface area contributed by atoms with Gasteiger partial charge in [-0.2, -0.15) is 5.10 Å². The molecule has 4 aromatic heterocycles. The zero-order chi connectivity index (χ0) is 17.2. The van der Waals surface area contributed by atoms with Crippen molar-refractivity contribution in [3.05, 3.63) is 68.3 Å². The number of thiophene rings is 2. The van der Waals surface area contributed by atoms with E-state index in [0.717, 1.165) is 21.6 Å². The average Bonchev–Trinajstić information content (AvgIpc) is 3.35. The number of hydrogen-bond acceptors (Lipinski definition) is 5. The topological polar surface area (TPSA) is 59.8 Å². The number of pyridine rings is 1. The molecule has 4 heterocycles. The maximum atomic E-state index is 12.7. The van der Waals surface area contributed by atoms with E-state index in [9.17, 15) is 4.79 Å². The number of hydrogen-bond donors (Lipinski definition) is 1. The van der Waals surface area contributed by atoms with Crippen molar-refractivity contribution in [1.82, 2.24) is 20.1 Å². The van der Waals surface area contributed by atoms with E-state index in [4.69, 9.17) is 0 Å². The van der Waals surface area contributed by atoms with Gasteiger partial charge in [0.05, 0.1) is 30.2 Å². The Labute approximate surface area is 153 Å². The molecule has 0 atom stereocenters. The minimum absolute atomic E-state index is 0.0976. The van der Waals surface area contributed by atoms with Crippen molar-refractivity contribution in [1.29, 1.82) is 0 Å². The molecular formula is C18H16N4OS2. The first-order valence-electron chi connectivity index (χ1n) is 7.87. The van der Waals surface area contributed by atoms with Gasteiger partial charge in [-0.3, -0.25) is 4.79 Å². The van der Waals surface area contributed by atoms with Crippen LogP contribution in [-0.2, 0) is 13.1 Å². The summed E-state index contributed by atoms with van der Waals surface area (Å²) < 4.78 is 1.85. The molecular weight excluding hydrogens is 352 g/mol. The molecule has 0 saturated carbocycles. The van der Waals surface area contributed by atoms with Crippen LogP contribution in [0.4, 0.5) is 0 Å². The molecule has 126 valence electrons. The average molecular weight is 368 g/mol. The van der Waals surface area contributed by atoms with Gasteiger partial charge >= 0.3 is 0 Å². The molecule has 0 aliphatic carbocycles. The Balaban J connectivity index is 1.64. The third kappa shape index (κ3) is 3.33. The van der Waals surface area contributed by atoms with Crippen LogP contribution in [0.15, 0.2) is 47.3 Å². The van der Waals surface area contributed by atoms with Crippen LogP contribution in [0, 0.1) is 6.92 Å². The van der Waals surface area contributed by atoms with E-state index in [0.29, 0.717) is 18.7 Å². The first-order valence-corrected chi connectivity index (χ1v) is 9.63. The van der Waals surface area contributed by atoms with Crippen LogP contribution in [0.1, 0.15) is 25.8 Å². The minimum atomic E-state index is -0.0976. The summed E-state index contributed by atoms with van der Waals surface area (Å²) in [5.41, 5.74) is 2.17. The fraction of sp³-hybridized carbons (Fsp3) is 0.167. The van der Waals surface area contributed by atoms with Gasteiger partial charge in [0.2, 0.25) is 0 Å². The van der Waals surface area contributed by atoms with E-state index in [1.165, 1.54) is 4.88 Å². The highest BCUT2D eigenvalue weighted by atomic mass is 32.1. The van der Waals surface area contributed by atoms with Crippen LogP contribution in [-0.4, -0.2) is 20.7 Å². The molecule has 25 heavy (non-hydrogen) atoms. The monoisotopic (exact) mass is 368 g/mol. The van der Waals surface area contributed by atoms with Gasteiger partial charge in [0, 0.05) is 15.4 Å². The van der Waals surface area contributed by atoms with Gasteiger partial charge < -0.3 is 5.32 Å². The van der Waals surface area contributed by atoms with Crippen LogP contribution in [0.5, 0.6) is 0 Å². The van der Waals surface area contributed by atoms with E-state index in [2.05, 4.69) is 21.5 Å². The quantitative estimate of drug-likeness (QED) is 0.582. The Kier molecular flexibility index (Phi) is 4.33. The summed E-state index contributed by atoms with van der Waals surface area (Å²) in [5, 5.41) is 12.3. The van der Waals surface area contributed by atoms with Gasteiger partial charge in [-0.25, -0.2) is 9.67 Å². The van der Waals surface area contributed by atoms with Crippen LogP contribution in [0.25, 0.3) is 11.0 Å². The van der Waals surface area contributed by atoms with Gasteiger partial charge in [-0.15, -0.1) is 22.7 Å². The van der Waals surface area contributed by atoms with Gasteiger partial charge in [0.15, 0.2) is 5.65 Å². The number of carbonyl (C=O) groups excluding carboxylic acids is 1. The summed E-state index contributed by atoms with van der Waals surface area (Å²) in [6.07, 6.45) is 1.73. The number of rotatable bonds is 5. The highest BCUT2D eigenvalue weighted by Crippen LogP contribution is 2.20. The van der Waals surface area contributed by atoms with Gasteiger partial charge in [0.1, 0.15) is 0 Å². The van der Waals surface area contributed by atoms with Crippen LogP contribution in [0.2, 0.25) is 0 Å². The molecule has 7 heteroatoms. The predicted octanol–water partition coefficient (Wildman–Crippen LogP) is 3.84. The first kappa shape index (κ1) is 16.0. The molecule has 5 nitrogen and oxygen atoms in total. The molecule has 0 aliphatic heterocycles. The summed E-state index contributed by atoms with van der Waals surface area (Å²) in [7, 11) is 0. The number of carbonyl (C=O) groups is 1. The van der Waals surface area contributed by atoms with Gasteiger partial charge in [-0.1, -0.05) is 12.1 Å². The van der Waals surface area contributed by atoms with E-state index in [1.807, 2.05) is 46.6 Å². The summed E-state index contributed by atoms with van der Waals surface area (Å²) in [6, 6.07) is 9.91. The van der Waals surface area contributed by atoms with Crippen molar-refractivity contribution < 1.29 is 4.79 Å². The van der Waals surface area contributed by atoms with E-state index < -0.39 is 0 Å². The molecule has 1 amide bonds. The van der Waals surface area contributed by atoms with Crippen molar-refractivity contribution in [3.63, 3.8) is 0 Å². The second-order valence-corrected chi connectivity index (χ2v) is 7.76. The number of aryl methyl sites for hydroxylation is 1. The zero-order valence-electron chi connectivity index (χ0n) is 13.6. The first-order chi connectivity index (χ1) is 12.2. The lowest BCUT2D eigenvalue weighted by molar-refractivity contribution is 0.0953. The predicted molar refractivity (Wildman–Crippen MR) is 101 cm³/mol. The smallest absolute Gasteiger partial charge is 0.252 e. The molecule has 4 rings (SSSR count). The van der Waals surface area contributed by atoms with Crippen molar-refractivity contribution in [2.24, 2.45) is 0 Å². The molecule has 0 spiro atoms. The SMILES string of the molecule is Cc1cc(C(=O)NCc2cccs2)c2cnn(Cc3cccs3)c2n1. The molecule has 0 fully saturated rings. The maximum absolute atomic E-state index is 12.7. The number of nitrogens with zero attached hydrogens (tertiary/aromatic N) is 3. The molecule has 0 aromatic carbocycles. The highest BCUT2D eigenvalue weighted by molar-refractivity contribution is 7.10. The Morgan fingerprint density at radius 3 is 2.68 bits per heavy atom. The van der Waals surface area contributed by atoms with Crippen molar-refractivity contribution >= 4 is 39.6 Å². The standard InChI is InChI=1S/C18H16N4OS2/c1-12-8-15(18(23)19-9-13-4-2-6-24-13)16-10-20-22(17(16)21-12)11-14-5-3-7-25-14/h2-8,10H,9,11H2,1H3,(H,19,23). The highest BCUT2D eigenvalue weighted by Gasteiger charge is 2.16. The lowest BCUT2D eigenvalue weighted by atomic mass is 10.1. The molecule has 0 unspecified atom stereocenters. The van der Waals surface area contributed by atoms with Crippen LogP contribution < -0.4 is 5.32 Å². The van der Waals surface area contributed by atoms with Crippen LogP contribution in [0.3, 0.4) is 0 Å². The van der Waals surface area contributed by atoms with E-state index in [-0.39, 0.29) is 5.91 Å². The number of amides is 1. The zero-order valence-corrected chi connectivity index (χ0v) is 15.2. The molecule has 0 aliphatic rings. The summed E-state index contributed by atoms with van der Waals surface area (Å²) >= 11 is 3.31. The maximum Gasteiger partial charge on any atom is 0.252 e. The lowest BCUT2D eigenvalue weighted by Gasteiger charge is -2.07. The Hall–Kier alpha value is -2.51. The molecule has 4 aromatic rings. The van der Waals surface area contributed by atoms with Gasteiger partial charge in [0.25, 0.3) is 5.91 Å². The normalized spacial score (nSPS) is 11.1. The largest absolute Gasteiger partial charge is 0.347 e. The Bertz CT molecular complexity index is 1000. The fourth-order valence-electron chi connectivity index (χ4n) is 2.70. The van der Waals surface area contributed by atoms with Crippen molar-refractivity contribution in [2.45, 2.75) is 20.0 Å². The third-order valence-electron chi connectivity index (χ3n) is 3.87. The number of fused-ring (bicyclic) bond motifs is 1. The number of nitrogens with one attached hydrogen (secondary N) is 1. The third-order valence-corrected chi connectivity index (χ3v) is 5.61. The summed E-state index contributed by atoms with van der Waals surface area (Å²) in [6.45, 7) is 3.09. The van der Waals surface area contributed by atoms with Gasteiger partial charge in [-0.05, 0) is 35.9 Å².